The minimum absolute atomic E-state index is 0.0149. The molecule has 0 radical (unpaired) electrons. The number of anilines is 1. The molecule has 2 heterocycles. The number of ether oxygens (including phenoxy) is 2. The Hall–Kier alpha value is -3.55. The summed E-state index contributed by atoms with van der Waals surface area (Å²) < 4.78 is 86.8. The lowest BCUT2D eigenvalue weighted by atomic mass is 10.1. The van der Waals surface area contributed by atoms with Crippen molar-refractivity contribution in [1.82, 2.24) is 9.88 Å². The number of nitrogens with one attached hydrogen (secondary N) is 1. The summed E-state index contributed by atoms with van der Waals surface area (Å²) in [6.45, 7) is 0.388. The summed E-state index contributed by atoms with van der Waals surface area (Å²) in [6, 6.07) is 9.36. The number of rotatable bonds is 5. The van der Waals surface area contributed by atoms with E-state index in [1.807, 2.05) is 0 Å². The second kappa shape index (κ2) is 10.4. The molecule has 35 heavy (non-hydrogen) atoms. The Balaban J connectivity index is 1.75. The summed E-state index contributed by atoms with van der Waals surface area (Å²) in [5.74, 6) is -3.26. The molecular formula is C21H20F6N4O4. The van der Waals surface area contributed by atoms with Gasteiger partial charge in [0.1, 0.15) is 11.8 Å². The second-order valence-electron chi connectivity index (χ2n) is 7.57. The van der Waals surface area contributed by atoms with Gasteiger partial charge in [-0.15, -0.1) is 0 Å². The Morgan fingerprint density at radius 2 is 1.80 bits per heavy atom. The van der Waals surface area contributed by atoms with Crippen molar-refractivity contribution >= 4 is 17.7 Å². The maximum atomic E-state index is 13.3. The van der Waals surface area contributed by atoms with Crippen molar-refractivity contribution in [2.45, 2.75) is 37.5 Å². The number of hydrogen-bond acceptors (Lipinski definition) is 6. The Morgan fingerprint density at radius 1 is 1.11 bits per heavy atom. The topological polar surface area (TPSA) is 107 Å². The van der Waals surface area contributed by atoms with Gasteiger partial charge in [-0.1, -0.05) is 18.2 Å². The van der Waals surface area contributed by atoms with Crippen LogP contribution in [-0.2, 0) is 15.7 Å². The number of urea groups is 1. The van der Waals surface area contributed by atoms with Crippen LogP contribution in [0.25, 0.3) is 0 Å². The number of nitrogens with two attached hydrogens (primary N) is 1. The molecule has 1 aliphatic heterocycles. The van der Waals surface area contributed by atoms with Gasteiger partial charge in [0.15, 0.2) is 6.23 Å². The van der Waals surface area contributed by atoms with Gasteiger partial charge in [0.25, 0.3) is 0 Å². The van der Waals surface area contributed by atoms with E-state index in [0.29, 0.717) is 31.1 Å². The fourth-order valence-electron chi connectivity index (χ4n) is 3.26. The van der Waals surface area contributed by atoms with Crippen LogP contribution in [0.1, 0.15) is 30.3 Å². The summed E-state index contributed by atoms with van der Waals surface area (Å²) in [5.41, 5.74) is 3.83. The van der Waals surface area contributed by atoms with Crippen molar-refractivity contribution in [3.05, 3.63) is 53.7 Å². The number of aromatic nitrogens is 1. The van der Waals surface area contributed by atoms with E-state index in [1.54, 1.807) is 30.3 Å². The van der Waals surface area contributed by atoms with Crippen LogP contribution in [0.2, 0.25) is 0 Å². The predicted molar refractivity (Wildman–Crippen MR) is 109 cm³/mol. The molecule has 3 rings (SSSR count). The maximum absolute atomic E-state index is 13.3. The number of likely N-dealkylation sites (tertiary alicyclic amines) is 1. The lowest BCUT2D eigenvalue weighted by molar-refractivity contribution is -0.205. The molecule has 2 aromatic rings. The van der Waals surface area contributed by atoms with Gasteiger partial charge >= 0.3 is 24.4 Å². The average molecular weight is 506 g/mol. The third kappa shape index (κ3) is 7.21. The van der Waals surface area contributed by atoms with E-state index in [2.05, 4.69) is 15.0 Å². The molecule has 8 nitrogen and oxygen atoms in total. The van der Waals surface area contributed by atoms with E-state index in [1.165, 1.54) is 4.90 Å². The molecule has 0 aliphatic carbocycles. The number of pyridine rings is 1. The number of piperidine rings is 1. The first-order chi connectivity index (χ1) is 16.3. The normalized spacial score (nSPS) is 17.5. The number of nitrogens with zero attached hydrogens (tertiary/aromatic N) is 2. The van der Waals surface area contributed by atoms with E-state index >= 15 is 0 Å². The number of amides is 2. The highest BCUT2D eigenvalue weighted by atomic mass is 19.4. The molecule has 1 aromatic heterocycles. The van der Waals surface area contributed by atoms with Gasteiger partial charge in [-0.25, -0.2) is 14.6 Å². The van der Waals surface area contributed by atoms with Crippen molar-refractivity contribution < 1.29 is 45.4 Å². The largest absolute Gasteiger partial charge is 0.490 e. The van der Waals surface area contributed by atoms with Crippen molar-refractivity contribution in [3.63, 3.8) is 0 Å². The molecule has 3 N–H and O–H groups in total. The van der Waals surface area contributed by atoms with Crippen LogP contribution in [0.4, 0.5) is 36.8 Å². The minimum Gasteiger partial charge on any atom is -0.472 e. The number of halogens is 6. The Morgan fingerprint density at radius 3 is 2.43 bits per heavy atom. The zero-order valence-corrected chi connectivity index (χ0v) is 17.9. The standard InChI is InChI=1S/C21H20F6N4O4/c22-20(23,24)15-9-12(17(28)35-18(32)21(25,26)27)10-16(30-15)34-14-7-4-8-31(11-14)19(33)29-13-5-2-1-3-6-13/h1-3,5-6,9-10,14,17H,4,7-8,11,28H2,(H,29,33)/t14-,17?/m0/s1. The molecule has 0 spiro atoms. The lowest BCUT2D eigenvalue weighted by Crippen LogP contribution is -2.46. The molecule has 190 valence electrons. The molecule has 1 fully saturated rings. The number of benzene rings is 1. The third-order valence-corrected chi connectivity index (χ3v) is 4.89. The fourth-order valence-corrected chi connectivity index (χ4v) is 3.26. The average Bonchev–Trinajstić information content (AvgIpc) is 2.78. The number of hydrogen-bond donors (Lipinski definition) is 2. The first-order valence-electron chi connectivity index (χ1n) is 10.2. The van der Waals surface area contributed by atoms with E-state index < -0.39 is 53.8 Å². The summed E-state index contributed by atoms with van der Waals surface area (Å²) >= 11 is 0. The van der Waals surface area contributed by atoms with Gasteiger partial charge in [0, 0.05) is 23.9 Å². The van der Waals surface area contributed by atoms with E-state index in [0.717, 1.165) is 6.07 Å². The highest BCUT2D eigenvalue weighted by Crippen LogP contribution is 2.32. The third-order valence-electron chi connectivity index (χ3n) is 4.89. The molecule has 2 amide bonds. The zero-order valence-electron chi connectivity index (χ0n) is 17.9. The molecule has 0 bridgehead atoms. The molecule has 1 saturated heterocycles. The summed E-state index contributed by atoms with van der Waals surface area (Å²) in [4.78, 5) is 28.3. The quantitative estimate of drug-likeness (QED) is 0.357. The summed E-state index contributed by atoms with van der Waals surface area (Å²) in [5, 5.41) is 2.69. The van der Waals surface area contributed by atoms with Crippen LogP contribution < -0.4 is 15.8 Å². The van der Waals surface area contributed by atoms with Gasteiger partial charge < -0.3 is 19.7 Å². The zero-order chi connectivity index (χ0) is 25.8. The highest BCUT2D eigenvalue weighted by molar-refractivity contribution is 5.89. The molecule has 14 heteroatoms. The van der Waals surface area contributed by atoms with Gasteiger partial charge in [-0.3, -0.25) is 5.73 Å². The van der Waals surface area contributed by atoms with Crippen molar-refractivity contribution in [1.29, 1.82) is 0 Å². The van der Waals surface area contributed by atoms with Crippen LogP contribution in [0.3, 0.4) is 0 Å². The SMILES string of the molecule is NC(OC(=O)C(F)(F)F)c1cc(O[C@H]2CCCN(C(=O)Nc3ccccc3)C2)nc(C(F)(F)F)c1. The van der Waals surface area contributed by atoms with Gasteiger partial charge in [-0.05, 0) is 31.0 Å². The van der Waals surface area contributed by atoms with E-state index in [4.69, 9.17) is 10.5 Å². The highest BCUT2D eigenvalue weighted by Gasteiger charge is 2.42. The van der Waals surface area contributed by atoms with Gasteiger partial charge in [0.05, 0.1) is 6.54 Å². The summed E-state index contributed by atoms with van der Waals surface area (Å²) in [6.07, 6.45) is -12.4. The second-order valence-corrected chi connectivity index (χ2v) is 7.57. The van der Waals surface area contributed by atoms with Crippen LogP contribution in [0.15, 0.2) is 42.5 Å². The minimum atomic E-state index is -5.39. The van der Waals surface area contributed by atoms with Crippen LogP contribution in [-0.4, -0.2) is 47.3 Å². The molecule has 1 unspecified atom stereocenters. The van der Waals surface area contributed by atoms with Crippen LogP contribution in [0.5, 0.6) is 5.88 Å². The van der Waals surface area contributed by atoms with E-state index in [-0.39, 0.29) is 6.54 Å². The smallest absolute Gasteiger partial charge is 0.472 e. The first-order valence-corrected chi connectivity index (χ1v) is 10.2. The number of para-hydroxylation sites is 1. The van der Waals surface area contributed by atoms with Gasteiger partial charge in [-0.2, -0.15) is 26.3 Å². The maximum Gasteiger partial charge on any atom is 0.490 e. The van der Waals surface area contributed by atoms with Gasteiger partial charge in [0.2, 0.25) is 5.88 Å². The number of carbonyl (C=O) groups is 2. The number of carbonyl (C=O) groups excluding carboxylic acids is 2. The Kier molecular flexibility index (Phi) is 7.73. The van der Waals surface area contributed by atoms with Crippen molar-refractivity contribution in [2.24, 2.45) is 5.73 Å². The Bertz CT molecular complexity index is 1050. The lowest BCUT2D eigenvalue weighted by Gasteiger charge is -2.32. The number of esters is 1. The molecule has 1 aliphatic rings. The van der Waals surface area contributed by atoms with E-state index in [9.17, 15) is 35.9 Å². The molecule has 2 atom stereocenters. The Labute approximate surface area is 195 Å². The fraction of sp³-hybridized carbons (Fsp3) is 0.381. The first kappa shape index (κ1) is 26.1. The molecule has 0 saturated carbocycles. The van der Waals surface area contributed by atoms with Crippen molar-refractivity contribution in [3.8, 4) is 5.88 Å². The molecular weight excluding hydrogens is 486 g/mol. The van der Waals surface area contributed by atoms with Crippen LogP contribution in [0, 0.1) is 0 Å². The van der Waals surface area contributed by atoms with Crippen LogP contribution >= 0.6 is 0 Å². The summed E-state index contributed by atoms with van der Waals surface area (Å²) in [7, 11) is 0. The molecule has 1 aromatic carbocycles. The number of alkyl halides is 6. The van der Waals surface area contributed by atoms with Crippen molar-refractivity contribution in [2.75, 3.05) is 18.4 Å². The predicted octanol–water partition coefficient (Wildman–Crippen LogP) is 4.24. The monoisotopic (exact) mass is 506 g/mol.